The first-order valence-corrected chi connectivity index (χ1v) is 6.53. The van der Waals surface area contributed by atoms with Crippen LogP contribution in [-0.2, 0) is 11.3 Å². The van der Waals surface area contributed by atoms with E-state index in [0.29, 0.717) is 19.2 Å². The van der Waals surface area contributed by atoms with Crippen molar-refractivity contribution in [2.24, 2.45) is 5.73 Å². The van der Waals surface area contributed by atoms with E-state index in [1.807, 2.05) is 16.9 Å². The monoisotopic (exact) mass is 237 g/mol. The van der Waals surface area contributed by atoms with Gasteiger partial charge in [-0.05, 0) is 32.8 Å². The van der Waals surface area contributed by atoms with Crippen molar-refractivity contribution in [3.8, 4) is 0 Å². The van der Waals surface area contributed by atoms with Crippen LogP contribution >= 0.6 is 0 Å². The second kappa shape index (κ2) is 5.19. The fraction of sp³-hybridized carbons (Fsp3) is 0.769. The van der Waals surface area contributed by atoms with Gasteiger partial charge >= 0.3 is 0 Å². The van der Waals surface area contributed by atoms with Gasteiger partial charge in [-0.2, -0.15) is 5.10 Å². The average Bonchev–Trinajstić information content (AvgIpc) is 2.96. The summed E-state index contributed by atoms with van der Waals surface area (Å²) in [6, 6.07) is 2.43. The molecule has 0 radical (unpaired) electrons. The van der Waals surface area contributed by atoms with Crippen molar-refractivity contribution < 1.29 is 4.74 Å². The van der Waals surface area contributed by atoms with Crippen molar-refractivity contribution in [1.29, 1.82) is 0 Å². The standard InChI is InChI=1S/C13H23N3O/c1-11(2)16-8-5-12(15-16)9-17-13(10-14)6-3-4-7-13/h5,8,11H,3-4,6-7,9-10,14H2,1-2H3. The van der Waals surface area contributed by atoms with Crippen LogP contribution in [0.3, 0.4) is 0 Å². The maximum absolute atomic E-state index is 6.02. The third-order valence-corrected chi connectivity index (χ3v) is 3.61. The van der Waals surface area contributed by atoms with E-state index in [1.165, 1.54) is 12.8 Å². The van der Waals surface area contributed by atoms with Gasteiger partial charge in [0.25, 0.3) is 0 Å². The van der Waals surface area contributed by atoms with Crippen molar-refractivity contribution in [2.45, 2.75) is 57.8 Å². The number of rotatable bonds is 5. The molecule has 0 bridgehead atoms. The van der Waals surface area contributed by atoms with Crippen molar-refractivity contribution in [3.05, 3.63) is 18.0 Å². The van der Waals surface area contributed by atoms with Crippen LogP contribution in [0.5, 0.6) is 0 Å². The first kappa shape index (κ1) is 12.6. The van der Waals surface area contributed by atoms with Crippen LogP contribution in [-0.4, -0.2) is 21.9 Å². The van der Waals surface area contributed by atoms with E-state index in [-0.39, 0.29) is 5.60 Å². The number of aromatic nitrogens is 2. The minimum absolute atomic E-state index is 0.0817. The van der Waals surface area contributed by atoms with E-state index in [2.05, 4.69) is 18.9 Å². The third kappa shape index (κ3) is 2.87. The van der Waals surface area contributed by atoms with Gasteiger partial charge in [-0.1, -0.05) is 12.8 Å². The van der Waals surface area contributed by atoms with E-state index in [9.17, 15) is 0 Å². The Hall–Kier alpha value is -0.870. The molecule has 1 heterocycles. The lowest BCUT2D eigenvalue weighted by Crippen LogP contribution is -2.37. The van der Waals surface area contributed by atoms with Gasteiger partial charge in [-0.15, -0.1) is 0 Å². The second-order valence-corrected chi connectivity index (χ2v) is 5.26. The SMILES string of the molecule is CC(C)n1ccc(COC2(CN)CCCC2)n1. The minimum Gasteiger partial charge on any atom is -0.367 e. The van der Waals surface area contributed by atoms with Crippen LogP contribution < -0.4 is 5.73 Å². The number of nitrogens with two attached hydrogens (primary N) is 1. The average molecular weight is 237 g/mol. The molecule has 2 rings (SSSR count). The molecule has 1 aliphatic rings. The fourth-order valence-corrected chi connectivity index (χ4v) is 2.40. The topological polar surface area (TPSA) is 53.1 Å². The lowest BCUT2D eigenvalue weighted by Gasteiger charge is -2.27. The first-order chi connectivity index (χ1) is 8.15. The van der Waals surface area contributed by atoms with Crippen LogP contribution in [0.4, 0.5) is 0 Å². The van der Waals surface area contributed by atoms with Crippen molar-refractivity contribution in [1.82, 2.24) is 9.78 Å². The van der Waals surface area contributed by atoms with Crippen LogP contribution in [0.2, 0.25) is 0 Å². The summed E-state index contributed by atoms with van der Waals surface area (Å²) in [6.07, 6.45) is 6.66. The second-order valence-electron chi connectivity index (χ2n) is 5.26. The molecule has 2 N–H and O–H groups in total. The molecule has 96 valence electrons. The largest absolute Gasteiger partial charge is 0.367 e. The number of ether oxygens (including phenoxy) is 1. The molecule has 0 unspecified atom stereocenters. The molecule has 0 spiro atoms. The molecule has 0 saturated heterocycles. The highest BCUT2D eigenvalue weighted by molar-refractivity contribution is 4.99. The molecular weight excluding hydrogens is 214 g/mol. The molecule has 17 heavy (non-hydrogen) atoms. The lowest BCUT2D eigenvalue weighted by molar-refractivity contribution is -0.0463. The van der Waals surface area contributed by atoms with Crippen molar-refractivity contribution in [3.63, 3.8) is 0 Å². The van der Waals surface area contributed by atoms with Crippen molar-refractivity contribution >= 4 is 0 Å². The molecule has 0 aromatic carbocycles. The molecule has 1 saturated carbocycles. The maximum Gasteiger partial charge on any atom is 0.0914 e. The minimum atomic E-state index is -0.0817. The number of hydrogen-bond acceptors (Lipinski definition) is 3. The van der Waals surface area contributed by atoms with E-state index in [0.717, 1.165) is 18.5 Å². The van der Waals surface area contributed by atoms with Crippen molar-refractivity contribution in [2.75, 3.05) is 6.54 Å². The Morgan fingerprint density at radius 3 is 2.71 bits per heavy atom. The predicted octanol–water partition coefficient (Wildman–Crippen LogP) is 2.25. The molecule has 1 fully saturated rings. The summed E-state index contributed by atoms with van der Waals surface area (Å²) in [4.78, 5) is 0. The maximum atomic E-state index is 6.02. The van der Waals surface area contributed by atoms with Gasteiger partial charge in [0, 0.05) is 18.8 Å². The highest BCUT2D eigenvalue weighted by Crippen LogP contribution is 2.32. The Kier molecular flexibility index (Phi) is 3.84. The lowest BCUT2D eigenvalue weighted by atomic mass is 10.0. The quantitative estimate of drug-likeness (QED) is 0.854. The summed E-state index contributed by atoms with van der Waals surface area (Å²) in [7, 11) is 0. The molecule has 4 heteroatoms. The van der Waals surface area contributed by atoms with Gasteiger partial charge in [0.05, 0.1) is 17.9 Å². The summed E-state index contributed by atoms with van der Waals surface area (Å²) in [5, 5.41) is 4.49. The number of hydrogen-bond donors (Lipinski definition) is 1. The number of nitrogens with zero attached hydrogens (tertiary/aromatic N) is 2. The third-order valence-electron chi connectivity index (χ3n) is 3.61. The molecule has 1 aromatic heterocycles. The highest BCUT2D eigenvalue weighted by Gasteiger charge is 2.33. The van der Waals surface area contributed by atoms with Crippen LogP contribution in [0, 0.1) is 0 Å². The smallest absolute Gasteiger partial charge is 0.0914 e. The van der Waals surface area contributed by atoms with Gasteiger partial charge in [0.15, 0.2) is 0 Å². The zero-order valence-electron chi connectivity index (χ0n) is 10.9. The molecule has 0 amide bonds. The van der Waals surface area contributed by atoms with Crippen LogP contribution in [0.1, 0.15) is 51.3 Å². The van der Waals surface area contributed by atoms with Crippen LogP contribution in [0.25, 0.3) is 0 Å². The zero-order chi connectivity index (χ0) is 12.3. The van der Waals surface area contributed by atoms with E-state index in [1.54, 1.807) is 0 Å². The predicted molar refractivity (Wildman–Crippen MR) is 67.7 cm³/mol. The van der Waals surface area contributed by atoms with E-state index in [4.69, 9.17) is 10.5 Å². The molecular formula is C13H23N3O. The molecule has 4 nitrogen and oxygen atoms in total. The molecule has 1 aromatic rings. The Balaban J connectivity index is 1.92. The molecule has 0 atom stereocenters. The van der Waals surface area contributed by atoms with Crippen LogP contribution in [0.15, 0.2) is 12.3 Å². The normalized spacial score (nSPS) is 19.1. The summed E-state index contributed by atoms with van der Waals surface area (Å²) < 4.78 is 7.98. The molecule has 1 aliphatic carbocycles. The van der Waals surface area contributed by atoms with Gasteiger partial charge in [0.2, 0.25) is 0 Å². The summed E-state index contributed by atoms with van der Waals surface area (Å²) >= 11 is 0. The highest BCUT2D eigenvalue weighted by atomic mass is 16.5. The Labute approximate surface area is 103 Å². The fourth-order valence-electron chi connectivity index (χ4n) is 2.40. The van der Waals surface area contributed by atoms with E-state index >= 15 is 0 Å². The van der Waals surface area contributed by atoms with E-state index < -0.39 is 0 Å². The van der Waals surface area contributed by atoms with Gasteiger partial charge in [-0.3, -0.25) is 4.68 Å². The Morgan fingerprint density at radius 2 is 2.18 bits per heavy atom. The Bertz CT molecular complexity index is 353. The summed E-state index contributed by atoms with van der Waals surface area (Å²) in [5.74, 6) is 0. The first-order valence-electron chi connectivity index (χ1n) is 6.53. The summed E-state index contributed by atoms with van der Waals surface area (Å²) in [6.45, 7) is 5.45. The summed E-state index contributed by atoms with van der Waals surface area (Å²) in [5.41, 5.74) is 6.75. The molecule has 0 aliphatic heterocycles. The zero-order valence-corrected chi connectivity index (χ0v) is 10.9. The van der Waals surface area contributed by atoms with Gasteiger partial charge in [0.1, 0.15) is 0 Å². The Morgan fingerprint density at radius 1 is 1.47 bits per heavy atom. The van der Waals surface area contributed by atoms with Gasteiger partial charge in [-0.25, -0.2) is 0 Å². The van der Waals surface area contributed by atoms with Gasteiger partial charge < -0.3 is 10.5 Å².